The highest BCUT2D eigenvalue weighted by atomic mass is 32.2. The molecule has 0 saturated heterocycles. The first-order valence-corrected chi connectivity index (χ1v) is 5.90. The third-order valence-corrected chi connectivity index (χ3v) is 3.54. The van der Waals surface area contributed by atoms with E-state index in [9.17, 15) is 0 Å². The van der Waals surface area contributed by atoms with E-state index in [1.165, 1.54) is 11.8 Å². The maximum absolute atomic E-state index is 8.66. The van der Waals surface area contributed by atoms with Gasteiger partial charge in [0, 0.05) is 5.56 Å². The number of benzene rings is 1. The monoisotopic (exact) mass is 225 g/mol. The van der Waals surface area contributed by atoms with E-state index in [0.29, 0.717) is 0 Å². The average molecular weight is 225 g/mol. The van der Waals surface area contributed by atoms with Gasteiger partial charge in [-0.2, -0.15) is 5.26 Å². The molecule has 2 unspecified atom stereocenters. The van der Waals surface area contributed by atoms with Crippen molar-refractivity contribution < 1.29 is 4.74 Å². The fraction of sp³-hybridized carbons (Fsp3) is 0.300. The van der Waals surface area contributed by atoms with Gasteiger partial charge in [-0.15, -0.1) is 9.24 Å². The van der Waals surface area contributed by atoms with Crippen LogP contribution in [0.2, 0.25) is 0 Å². The van der Waals surface area contributed by atoms with Crippen molar-refractivity contribution >= 4 is 21.0 Å². The number of para-hydroxylation sites is 1. The van der Waals surface area contributed by atoms with Crippen molar-refractivity contribution in [1.82, 2.24) is 0 Å². The molecule has 2 nitrogen and oxygen atoms in total. The quantitative estimate of drug-likeness (QED) is 0.583. The third kappa shape index (κ3) is 2.64. The minimum atomic E-state index is 0.168. The lowest BCUT2D eigenvalue weighted by atomic mass is 10.1. The Labute approximate surface area is 90.9 Å². The molecule has 74 valence electrons. The molecular weight excluding hydrogens is 213 g/mol. The summed E-state index contributed by atoms with van der Waals surface area (Å²) >= 11 is 1.26. The number of methoxy groups -OCH3 is 1. The molecule has 0 saturated carbocycles. The van der Waals surface area contributed by atoms with E-state index in [1.54, 1.807) is 7.11 Å². The first-order valence-electron chi connectivity index (χ1n) is 4.21. The number of nitrogens with zero attached hydrogens (tertiary/aromatic N) is 1. The van der Waals surface area contributed by atoms with Crippen LogP contribution in [0.1, 0.15) is 10.8 Å². The lowest BCUT2D eigenvalue weighted by Crippen LogP contribution is -1.97. The van der Waals surface area contributed by atoms with Gasteiger partial charge < -0.3 is 4.74 Å². The highest BCUT2D eigenvalue weighted by Gasteiger charge is 2.13. The number of nitriles is 1. The molecule has 0 radical (unpaired) electrons. The van der Waals surface area contributed by atoms with Gasteiger partial charge >= 0.3 is 0 Å². The normalized spacial score (nSPS) is 11.8. The largest absolute Gasteiger partial charge is 0.496 e. The third-order valence-electron chi connectivity index (χ3n) is 1.89. The Morgan fingerprint density at radius 2 is 2.29 bits per heavy atom. The zero-order chi connectivity index (χ0) is 10.4. The Morgan fingerprint density at radius 1 is 1.57 bits per heavy atom. The van der Waals surface area contributed by atoms with Gasteiger partial charge in [0.2, 0.25) is 0 Å². The van der Waals surface area contributed by atoms with Crippen LogP contribution in [0.15, 0.2) is 24.3 Å². The lowest BCUT2D eigenvalue weighted by molar-refractivity contribution is 0.410. The molecule has 0 aliphatic heterocycles. The van der Waals surface area contributed by atoms with Crippen LogP contribution >= 0.6 is 21.0 Å². The standard InChI is InChI=1S/C10H12NOPS/c1-12-9-5-3-2-4-8(9)10(6-13)14-7-11/h2-5,10H,6,13H2,1H3. The molecule has 1 aromatic carbocycles. The highest BCUT2D eigenvalue weighted by Crippen LogP contribution is 2.35. The summed E-state index contributed by atoms with van der Waals surface area (Å²) in [5.74, 6) is 0.850. The fourth-order valence-corrected chi connectivity index (χ4v) is 2.32. The molecule has 1 rings (SSSR count). The van der Waals surface area contributed by atoms with Gasteiger partial charge in [-0.3, -0.25) is 0 Å². The Morgan fingerprint density at radius 3 is 2.86 bits per heavy atom. The van der Waals surface area contributed by atoms with Crippen molar-refractivity contribution in [3.8, 4) is 11.2 Å². The van der Waals surface area contributed by atoms with Crippen LogP contribution < -0.4 is 4.74 Å². The second-order valence-corrected chi connectivity index (χ2v) is 4.13. The summed E-state index contributed by atoms with van der Waals surface area (Å²) in [5.41, 5.74) is 1.08. The summed E-state index contributed by atoms with van der Waals surface area (Å²) in [4.78, 5) is 0. The first-order chi connectivity index (χ1) is 6.83. The van der Waals surface area contributed by atoms with E-state index in [0.717, 1.165) is 17.5 Å². The van der Waals surface area contributed by atoms with Crippen LogP contribution in [0, 0.1) is 10.7 Å². The van der Waals surface area contributed by atoms with E-state index >= 15 is 0 Å². The van der Waals surface area contributed by atoms with Crippen molar-refractivity contribution in [2.45, 2.75) is 5.25 Å². The van der Waals surface area contributed by atoms with Crippen LogP contribution in [0.25, 0.3) is 0 Å². The molecule has 1 aromatic rings. The smallest absolute Gasteiger partial charge is 0.133 e. The molecule has 0 bridgehead atoms. The van der Waals surface area contributed by atoms with Gasteiger partial charge in [-0.05, 0) is 24.0 Å². The molecule has 0 aliphatic rings. The predicted octanol–water partition coefficient (Wildman–Crippen LogP) is 2.83. The van der Waals surface area contributed by atoms with Gasteiger partial charge in [0.15, 0.2) is 0 Å². The molecule has 4 heteroatoms. The maximum Gasteiger partial charge on any atom is 0.133 e. The molecule has 0 aliphatic carbocycles. The Balaban J connectivity index is 2.97. The molecule has 0 amide bonds. The number of thiocyanates is 1. The Kier molecular flexibility index (Phi) is 4.79. The molecule has 0 heterocycles. The maximum atomic E-state index is 8.66. The number of hydrogen-bond donors (Lipinski definition) is 0. The molecule has 14 heavy (non-hydrogen) atoms. The van der Waals surface area contributed by atoms with Crippen molar-refractivity contribution in [3.05, 3.63) is 29.8 Å². The van der Waals surface area contributed by atoms with Crippen molar-refractivity contribution in [2.24, 2.45) is 0 Å². The molecule has 0 spiro atoms. The minimum Gasteiger partial charge on any atom is -0.496 e. The lowest BCUT2D eigenvalue weighted by Gasteiger charge is -2.14. The second kappa shape index (κ2) is 5.90. The number of rotatable bonds is 4. The molecule has 0 N–H and O–H groups in total. The summed E-state index contributed by atoms with van der Waals surface area (Å²) in [6.45, 7) is 0. The van der Waals surface area contributed by atoms with Crippen molar-refractivity contribution in [3.63, 3.8) is 0 Å². The van der Waals surface area contributed by atoms with E-state index in [4.69, 9.17) is 10.00 Å². The fourth-order valence-electron chi connectivity index (χ4n) is 1.23. The van der Waals surface area contributed by atoms with E-state index in [2.05, 4.69) is 14.6 Å². The van der Waals surface area contributed by atoms with Crippen molar-refractivity contribution in [1.29, 1.82) is 5.26 Å². The number of thioether (sulfide) groups is 1. The number of hydrogen-bond acceptors (Lipinski definition) is 3. The first kappa shape index (κ1) is 11.4. The van der Waals surface area contributed by atoms with Crippen LogP contribution in [-0.4, -0.2) is 13.3 Å². The molecule has 0 fully saturated rings. The zero-order valence-corrected chi connectivity index (χ0v) is 9.91. The van der Waals surface area contributed by atoms with Crippen LogP contribution in [0.4, 0.5) is 0 Å². The summed E-state index contributed by atoms with van der Waals surface area (Å²) in [6.07, 6.45) is 0.846. The second-order valence-electron chi connectivity index (χ2n) is 2.68. The van der Waals surface area contributed by atoms with Gasteiger partial charge in [0.05, 0.1) is 12.4 Å². The van der Waals surface area contributed by atoms with Gasteiger partial charge in [-0.25, -0.2) is 0 Å². The zero-order valence-electron chi connectivity index (χ0n) is 7.93. The molecule has 2 atom stereocenters. The molecular formula is C10H12NOPS. The van der Waals surface area contributed by atoms with Gasteiger partial charge in [0.1, 0.15) is 11.2 Å². The van der Waals surface area contributed by atoms with Gasteiger partial charge in [-0.1, -0.05) is 18.2 Å². The summed E-state index contributed by atoms with van der Waals surface area (Å²) in [5, 5.41) is 10.9. The van der Waals surface area contributed by atoms with Crippen molar-refractivity contribution in [2.75, 3.05) is 13.3 Å². The topological polar surface area (TPSA) is 33.0 Å². The Hall–Kier alpha value is -0.710. The van der Waals surface area contributed by atoms with Crippen LogP contribution in [-0.2, 0) is 0 Å². The predicted molar refractivity (Wildman–Crippen MR) is 63.5 cm³/mol. The van der Waals surface area contributed by atoms with Crippen LogP contribution in [0.3, 0.4) is 0 Å². The van der Waals surface area contributed by atoms with Crippen LogP contribution in [0.5, 0.6) is 5.75 Å². The van der Waals surface area contributed by atoms with E-state index in [1.807, 2.05) is 24.3 Å². The minimum absolute atomic E-state index is 0.168. The molecule has 0 aromatic heterocycles. The Bertz CT molecular complexity index is 337. The van der Waals surface area contributed by atoms with E-state index in [-0.39, 0.29) is 5.25 Å². The van der Waals surface area contributed by atoms with E-state index < -0.39 is 0 Å². The van der Waals surface area contributed by atoms with Gasteiger partial charge in [0.25, 0.3) is 0 Å². The number of ether oxygens (including phenoxy) is 1. The summed E-state index contributed by atoms with van der Waals surface area (Å²) in [7, 11) is 4.31. The SMILES string of the molecule is COc1ccccc1C(CP)SC#N. The summed E-state index contributed by atoms with van der Waals surface area (Å²) in [6, 6.07) is 7.81. The summed E-state index contributed by atoms with van der Waals surface area (Å²) < 4.78 is 5.24. The highest BCUT2D eigenvalue weighted by molar-refractivity contribution is 8.04. The average Bonchev–Trinajstić information content (AvgIpc) is 2.26.